The molecule has 0 saturated carbocycles. The Bertz CT molecular complexity index is 1460. The van der Waals surface area contributed by atoms with E-state index in [1.807, 2.05) is 72.8 Å². The van der Waals surface area contributed by atoms with Crippen LogP contribution < -0.4 is 0 Å². The lowest BCUT2D eigenvalue weighted by Crippen LogP contribution is -2.06. The molecule has 0 N–H and O–H groups in total. The summed E-state index contributed by atoms with van der Waals surface area (Å²) in [4.78, 5) is 0.794. The van der Waals surface area contributed by atoms with E-state index in [0.29, 0.717) is 9.79 Å². The van der Waals surface area contributed by atoms with Gasteiger partial charge in [0.05, 0.1) is 21.3 Å². The molecule has 0 heterocycles. The Morgan fingerprint density at radius 1 is 0.354 bits per heavy atom. The molecule has 0 spiro atoms. The average Bonchev–Trinajstić information content (AvgIpc) is 3.09. The SMILES string of the molecule is CCCCCCCCCCS(=O)(=O)c1ccc(/C=C/c2ccc(/C=C/c3ccc(S(=O)(=O)CCCCCCCCCC)cc3)cc2)cc1. The fourth-order valence-corrected chi connectivity index (χ4v) is 8.50. The van der Waals surface area contributed by atoms with E-state index in [0.717, 1.165) is 60.8 Å². The highest BCUT2D eigenvalue weighted by molar-refractivity contribution is 7.91. The number of rotatable bonds is 24. The molecule has 0 bridgehead atoms. The number of hydrogen-bond acceptors (Lipinski definition) is 4. The van der Waals surface area contributed by atoms with Gasteiger partial charge in [-0.1, -0.05) is 177 Å². The Labute approximate surface area is 292 Å². The lowest BCUT2D eigenvalue weighted by atomic mass is 10.1. The maximum absolute atomic E-state index is 12.8. The van der Waals surface area contributed by atoms with E-state index in [1.54, 1.807) is 24.3 Å². The molecule has 0 aromatic heterocycles. The summed E-state index contributed by atoms with van der Waals surface area (Å²) < 4.78 is 51.0. The molecule has 262 valence electrons. The van der Waals surface area contributed by atoms with Crippen molar-refractivity contribution in [2.45, 2.75) is 126 Å². The van der Waals surface area contributed by atoms with E-state index in [2.05, 4.69) is 13.8 Å². The Kier molecular flexibility index (Phi) is 18.0. The highest BCUT2D eigenvalue weighted by Gasteiger charge is 2.14. The van der Waals surface area contributed by atoms with Gasteiger partial charge in [0.15, 0.2) is 19.7 Å². The van der Waals surface area contributed by atoms with Crippen LogP contribution in [-0.4, -0.2) is 28.3 Å². The van der Waals surface area contributed by atoms with Crippen LogP contribution in [0.3, 0.4) is 0 Å². The van der Waals surface area contributed by atoms with Crippen LogP contribution in [0.25, 0.3) is 24.3 Å². The number of sulfone groups is 2. The third kappa shape index (κ3) is 15.1. The van der Waals surface area contributed by atoms with Crippen molar-refractivity contribution < 1.29 is 16.8 Å². The van der Waals surface area contributed by atoms with Crippen LogP contribution >= 0.6 is 0 Å². The van der Waals surface area contributed by atoms with E-state index in [1.165, 1.54) is 64.2 Å². The quantitative estimate of drug-likeness (QED) is 0.0693. The molecule has 4 nitrogen and oxygen atoms in total. The first kappa shape index (κ1) is 39.5. The maximum atomic E-state index is 12.8. The average molecular weight is 691 g/mol. The normalized spacial score (nSPS) is 12.4. The van der Waals surface area contributed by atoms with Gasteiger partial charge in [-0.05, 0) is 59.4 Å². The van der Waals surface area contributed by atoms with Gasteiger partial charge in [0.25, 0.3) is 0 Å². The van der Waals surface area contributed by atoms with Crippen molar-refractivity contribution in [2.75, 3.05) is 11.5 Å². The Morgan fingerprint density at radius 3 is 0.854 bits per heavy atom. The molecule has 0 aliphatic heterocycles. The molecule has 0 atom stereocenters. The second-order valence-electron chi connectivity index (χ2n) is 13.1. The van der Waals surface area contributed by atoms with Gasteiger partial charge >= 0.3 is 0 Å². The predicted molar refractivity (Wildman–Crippen MR) is 207 cm³/mol. The summed E-state index contributed by atoms with van der Waals surface area (Å²) in [7, 11) is -6.50. The minimum Gasteiger partial charge on any atom is -0.224 e. The van der Waals surface area contributed by atoms with Gasteiger partial charge in [0.1, 0.15) is 0 Å². The standard InChI is InChI=1S/C42H58O4S2/c1-3-5-7-9-11-13-15-17-35-47(43,44)41-31-27-39(28-32-41)25-23-37-19-21-38(22-20-37)24-26-40-29-33-42(34-30-40)48(45,46)36-18-16-14-12-10-8-6-4-2/h19-34H,3-18,35-36H2,1-2H3/b25-23+,26-24+. The molecule has 48 heavy (non-hydrogen) atoms. The molecule has 0 unspecified atom stereocenters. The molecule has 0 radical (unpaired) electrons. The van der Waals surface area contributed by atoms with E-state index in [9.17, 15) is 16.8 Å². The van der Waals surface area contributed by atoms with E-state index >= 15 is 0 Å². The zero-order chi connectivity index (χ0) is 34.5. The Morgan fingerprint density at radius 2 is 0.583 bits per heavy atom. The fourth-order valence-electron chi connectivity index (χ4n) is 5.76. The van der Waals surface area contributed by atoms with Gasteiger partial charge in [-0.3, -0.25) is 0 Å². The van der Waals surface area contributed by atoms with E-state index < -0.39 is 19.7 Å². The number of hydrogen-bond donors (Lipinski definition) is 0. The van der Waals surface area contributed by atoms with Crippen molar-refractivity contribution in [3.8, 4) is 0 Å². The van der Waals surface area contributed by atoms with Crippen LogP contribution in [0.4, 0.5) is 0 Å². The summed E-state index contributed by atoms with van der Waals surface area (Å²) >= 11 is 0. The first-order valence-corrected chi connectivity index (χ1v) is 21.7. The minimum atomic E-state index is -3.25. The van der Waals surface area contributed by atoms with E-state index in [-0.39, 0.29) is 11.5 Å². The molecule has 0 aliphatic rings. The van der Waals surface area contributed by atoms with Gasteiger partial charge in [-0.2, -0.15) is 0 Å². The molecule has 3 rings (SSSR count). The molecule has 6 heteroatoms. The third-order valence-electron chi connectivity index (χ3n) is 8.88. The minimum absolute atomic E-state index is 0.213. The van der Waals surface area contributed by atoms with Crippen molar-refractivity contribution in [2.24, 2.45) is 0 Å². The largest absolute Gasteiger partial charge is 0.224 e. The van der Waals surface area contributed by atoms with Gasteiger partial charge in [0, 0.05) is 0 Å². The Hall–Kier alpha value is -2.96. The molecule has 0 fully saturated rings. The van der Waals surface area contributed by atoms with Gasteiger partial charge in [-0.25, -0.2) is 16.8 Å². The summed E-state index contributed by atoms with van der Waals surface area (Å²) in [6.07, 6.45) is 26.2. The second kappa shape index (κ2) is 21.9. The summed E-state index contributed by atoms with van der Waals surface area (Å²) in [5, 5.41) is 0. The predicted octanol–water partition coefficient (Wildman–Crippen LogP) is 11.9. The second-order valence-corrected chi connectivity index (χ2v) is 17.3. The molecular weight excluding hydrogens is 633 g/mol. The van der Waals surface area contributed by atoms with Crippen LogP contribution in [0.1, 0.15) is 139 Å². The summed E-state index contributed by atoms with van der Waals surface area (Å²) in [6.45, 7) is 4.43. The molecule has 3 aromatic carbocycles. The van der Waals surface area contributed by atoms with Crippen molar-refractivity contribution in [3.05, 3.63) is 95.1 Å². The van der Waals surface area contributed by atoms with Crippen LogP contribution in [0.2, 0.25) is 0 Å². The van der Waals surface area contributed by atoms with Crippen molar-refractivity contribution >= 4 is 44.0 Å². The first-order chi connectivity index (χ1) is 23.2. The number of unbranched alkanes of at least 4 members (excludes halogenated alkanes) is 14. The van der Waals surface area contributed by atoms with Gasteiger partial charge < -0.3 is 0 Å². The fraction of sp³-hybridized carbons (Fsp3) is 0.476. The summed E-state index contributed by atoms with van der Waals surface area (Å²) in [5.41, 5.74) is 4.00. The highest BCUT2D eigenvalue weighted by Crippen LogP contribution is 2.19. The lowest BCUT2D eigenvalue weighted by molar-refractivity contribution is 0.572. The summed E-state index contributed by atoms with van der Waals surface area (Å²) in [6, 6.07) is 22.5. The molecule has 3 aromatic rings. The maximum Gasteiger partial charge on any atom is 0.178 e. The van der Waals surface area contributed by atoms with E-state index in [4.69, 9.17) is 0 Å². The molecular formula is C42H58O4S2. The third-order valence-corrected chi connectivity index (χ3v) is 12.5. The monoisotopic (exact) mass is 690 g/mol. The van der Waals surface area contributed by atoms with Crippen molar-refractivity contribution in [1.82, 2.24) is 0 Å². The van der Waals surface area contributed by atoms with Crippen molar-refractivity contribution in [1.29, 1.82) is 0 Å². The van der Waals surface area contributed by atoms with Crippen molar-refractivity contribution in [3.63, 3.8) is 0 Å². The molecule has 0 aliphatic carbocycles. The van der Waals surface area contributed by atoms with Crippen LogP contribution in [0.5, 0.6) is 0 Å². The topological polar surface area (TPSA) is 68.3 Å². The van der Waals surface area contributed by atoms with Crippen LogP contribution in [0.15, 0.2) is 82.6 Å². The smallest absolute Gasteiger partial charge is 0.178 e. The summed E-state index contributed by atoms with van der Waals surface area (Å²) in [5.74, 6) is 0.426. The first-order valence-electron chi connectivity index (χ1n) is 18.4. The number of benzene rings is 3. The lowest BCUT2D eigenvalue weighted by Gasteiger charge is -2.06. The van der Waals surface area contributed by atoms with Gasteiger partial charge in [-0.15, -0.1) is 0 Å². The zero-order valence-corrected chi connectivity index (χ0v) is 31.0. The van der Waals surface area contributed by atoms with Crippen LogP contribution in [0, 0.1) is 0 Å². The van der Waals surface area contributed by atoms with Gasteiger partial charge in [0.2, 0.25) is 0 Å². The molecule has 0 amide bonds. The van der Waals surface area contributed by atoms with Crippen LogP contribution in [-0.2, 0) is 19.7 Å². The highest BCUT2D eigenvalue weighted by atomic mass is 32.2. The molecule has 0 saturated heterocycles. The zero-order valence-electron chi connectivity index (χ0n) is 29.4. The Balaban J connectivity index is 1.42.